The van der Waals surface area contributed by atoms with Crippen LogP contribution in [0.15, 0.2) is 30.5 Å². The number of aromatic nitrogens is 1. The highest BCUT2D eigenvalue weighted by Gasteiger charge is 2.15. The highest BCUT2D eigenvalue weighted by molar-refractivity contribution is 5.97. The van der Waals surface area contributed by atoms with Gasteiger partial charge in [0.2, 0.25) is 11.8 Å². The monoisotopic (exact) mass is 316 g/mol. The molecular formula is C17H24N4O2. The zero-order valence-corrected chi connectivity index (χ0v) is 13.8. The maximum Gasteiger partial charge on any atom is 0.241 e. The molecule has 0 fully saturated rings. The number of nitrogens with zero attached hydrogens (tertiary/aromatic N) is 1. The number of hydrogen-bond acceptors (Lipinski definition) is 3. The van der Waals surface area contributed by atoms with Crippen LogP contribution >= 0.6 is 0 Å². The third-order valence-electron chi connectivity index (χ3n) is 3.70. The smallest absolute Gasteiger partial charge is 0.241 e. The first-order chi connectivity index (χ1) is 10.9. The maximum absolute atomic E-state index is 12.1. The van der Waals surface area contributed by atoms with Gasteiger partial charge in [-0.15, -0.1) is 0 Å². The van der Waals surface area contributed by atoms with E-state index in [1.165, 1.54) is 0 Å². The number of rotatable bonds is 6. The molecule has 0 aliphatic rings. The number of nitrogens with one attached hydrogen (secondary N) is 2. The predicted octanol–water partition coefficient (Wildman–Crippen LogP) is 1.70. The van der Waals surface area contributed by atoms with Crippen molar-refractivity contribution >= 4 is 28.4 Å². The van der Waals surface area contributed by atoms with Crippen LogP contribution in [0.25, 0.3) is 10.9 Å². The van der Waals surface area contributed by atoms with E-state index >= 15 is 0 Å². The zero-order chi connectivity index (χ0) is 17.0. The van der Waals surface area contributed by atoms with Crippen LogP contribution in [0.4, 0.5) is 5.69 Å². The molecule has 0 spiro atoms. The second-order valence-corrected chi connectivity index (χ2v) is 6.12. The number of anilines is 1. The Labute approximate surface area is 136 Å². The second-order valence-electron chi connectivity index (χ2n) is 6.12. The molecular weight excluding hydrogens is 292 g/mol. The Morgan fingerprint density at radius 3 is 2.65 bits per heavy atom. The number of carbonyl (C=O) groups excluding carboxylic acids is 2. The molecule has 4 N–H and O–H groups in total. The van der Waals surface area contributed by atoms with Gasteiger partial charge in [-0.3, -0.25) is 9.59 Å². The number of fused-ring (bicyclic) bond motifs is 1. The molecule has 2 amide bonds. The first kappa shape index (κ1) is 17.0. The molecule has 6 nitrogen and oxygen atoms in total. The molecule has 6 heteroatoms. The normalized spacial score (nSPS) is 12.4. The van der Waals surface area contributed by atoms with Crippen LogP contribution in [-0.2, 0) is 16.1 Å². The first-order valence-corrected chi connectivity index (χ1v) is 7.76. The average molecular weight is 316 g/mol. The molecule has 23 heavy (non-hydrogen) atoms. The molecule has 0 bridgehead atoms. The molecule has 0 radical (unpaired) electrons. The molecule has 1 heterocycles. The summed E-state index contributed by atoms with van der Waals surface area (Å²) in [6.07, 6.45) is 2.50. The van der Waals surface area contributed by atoms with E-state index in [9.17, 15) is 9.59 Å². The SMILES string of the molecule is CNC(=O)Cn1ccc2ccc(NC(=O)[C@@H](N)CC(C)C)cc21. The van der Waals surface area contributed by atoms with Gasteiger partial charge >= 0.3 is 0 Å². The number of hydrogen-bond donors (Lipinski definition) is 3. The summed E-state index contributed by atoms with van der Waals surface area (Å²) >= 11 is 0. The third kappa shape index (κ3) is 4.32. The van der Waals surface area contributed by atoms with Crippen LogP contribution in [0.5, 0.6) is 0 Å². The summed E-state index contributed by atoms with van der Waals surface area (Å²) in [5.74, 6) is 0.0985. The van der Waals surface area contributed by atoms with E-state index in [4.69, 9.17) is 5.73 Å². The van der Waals surface area contributed by atoms with Crippen molar-refractivity contribution in [1.29, 1.82) is 0 Å². The standard InChI is InChI=1S/C17H24N4O2/c1-11(2)8-14(18)17(23)20-13-5-4-12-6-7-21(15(12)9-13)10-16(22)19-3/h4-7,9,11,14H,8,10,18H2,1-3H3,(H,19,22)(H,20,23)/t14-/m0/s1. The summed E-state index contributed by atoms with van der Waals surface area (Å²) in [7, 11) is 1.61. The molecule has 0 saturated heterocycles. The van der Waals surface area contributed by atoms with Gasteiger partial charge in [0, 0.05) is 18.9 Å². The third-order valence-corrected chi connectivity index (χ3v) is 3.70. The van der Waals surface area contributed by atoms with Gasteiger partial charge < -0.3 is 20.9 Å². The first-order valence-electron chi connectivity index (χ1n) is 7.76. The summed E-state index contributed by atoms with van der Waals surface area (Å²) in [5.41, 5.74) is 7.47. The van der Waals surface area contributed by atoms with E-state index in [2.05, 4.69) is 10.6 Å². The summed E-state index contributed by atoms with van der Waals surface area (Å²) in [6, 6.07) is 7.03. The van der Waals surface area contributed by atoms with Crippen molar-refractivity contribution in [1.82, 2.24) is 9.88 Å². The van der Waals surface area contributed by atoms with E-state index in [0.717, 1.165) is 10.9 Å². The highest BCUT2D eigenvalue weighted by atomic mass is 16.2. The molecule has 2 rings (SSSR count). The van der Waals surface area contributed by atoms with Crippen molar-refractivity contribution in [3.05, 3.63) is 30.5 Å². The van der Waals surface area contributed by atoms with Crippen LogP contribution in [0.1, 0.15) is 20.3 Å². The fraction of sp³-hybridized carbons (Fsp3) is 0.412. The van der Waals surface area contributed by atoms with Crippen LogP contribution in [0, 0.1) is 5.92 Å². The summed E-state index contributed by atoms with van der Waals surface area (Å²) < 4.78 is 1.85. The van der Waals surface area contributed by atoms with Gasteiger partial charge in [-0.2, -0.15) is 0 Å². The second kappa shape index (κ2) is 7.28. The lowest BCUT2D eigenvalue weighted by Gasteiger charge is -2.14. The van der Waals surface area contributed by atoms with Crippen LogP contribution in [-0.4, -0.2) is 29.5 Å². The van der Waals surface area contributed by atoms with Crippen molar-refractivity contribution in [2.24, 2.45) is 11.7 Å². The minimum absolute atomic E-state index is 0.0732. The lowest BCUT2D eigenvalue weighted by atomic mass is 10.0. The Bertz CT molecular complexity index is 706. The average Bonchev–Trinajstić information content (AvgIpc) is 2.89. The van der Waals surface area contributed by atoms with E-state index in [0.29, 0.717) is 18.0 Å². The molecule has 1 aromatic heterocycles. The molecule has 1 aromatic carbocycles. The highest BCUT2D eigenvalue weighted by Crippen LogP contribution is 2.21. The number of nitrogens with two attached hydrogens (primary N) is 1. The van der Waals surface area contributed by atoms with Gasteiger partial charge in [0.25, 0.3) is 0 Å². The summed E-state index contributed by atoms with van der Waals surface area (Å²) in [4.78, 5) is 23.7. The molecule has 0 aliphatic heterocycles. The van der Waals surface area contributed by atoms with Gasteiger partial charge in [0.15, 0.2) is 0 Å². The number of benzene rings is 1. The number of carbonyl (C=O) groups is 2. The lowest BCUT2D eigenvalue weighted by Crippen LogP contribution is -2.36. The van der Waals surface area contributed by atoms with Crippen molar-refractivity contribution in [2.75, 3.05) is 12.4 Å². The quantitative estimate of drug-likeness (QED) is 0.758. The number of likely N-dealkylation sites (N-methyl/N-ethyl adjacent to an activating group) is 1. The van der Waals surface area contributed by atoms with Gasteiger partial charge in [0.1, 0.15) is 6.54 Å². The van der Waals surface area contributed by atoms with Gasteiger partial charge in [-0.1, -0.05) is 19.9 Å². The lowest BCUT2D eigenvalue weighted by molar-refractivity contribution is -0.121. The van der Waals surface area contributed by atoms with E-state index < -0.39 is 6.04 Å². The molecule has 0 unspecified atom stereocenters. The van der Waals surface area contributed by atoms with Crippen molar-refractivity contribution in [2.45, 2.75) is 32.9 Å². The molecule has 0 saturated carbocycles. The number of amides is 2. The maximum atomic E-state index is 12.1. The van der Waals surface area contributed by atoms with Crippen LogP contribution in [0.3, 0.4) is 0 Å². The van der Waals surface area contributed by atoms with Gasteiger partial charge in [-0.05, 0) is 35.9 Å². The van der Waals surface area contributed by atoms with Gasteiger partial charge in [-0.25, -0.2) is 0 Å². The molecule has 1 atom stereocenters. The Kier molecular flexibility index (Phi) is 5.39. The van der Waals surface area contributed by atoms with Crippen molar-refractivity contribution in [3.8, 4) is 0 Å². The minimum Gasteiger partial charge on any atom is -0.358 e. The largest absolute Gasteiger partial charge is 0.358 e. The molecule has 0 aliphatic carbocycles. The van der Waals surface area contributed by atoms with E-state index in [1.807, 2.05) is 48.9 Å². The fourth-order valence-corrected chi connectivity index (χ4v) is 2.48. The van der Waals surface area contributed by atoms with E-state index in [1.54, 1.807) is 7.05 Å². The topological polar surface area (TPSA) is 89.2 Å². The molecule has 124 valence electrons. The predicted molar refractivity (Wildman–Crippen MR) is 92.1 cm³/mol. The van der Waals surface area contributed by atoms with Crippen LogP contribution < -0.4 is 16.4 Å². The zero-order valence-electron chi connectivity index (χ0n) is 13.8. The molecule has 2 aromatic rings. The van der Waals surface area contributed by atoms with Gasteiger partial charge in [0.05, 0.1) is 11.6 Å². The van der Waals surface area contributed by atoms with E-state index in [-0.39, 0.29) is 18.4 Å². The minimum atomic E-state index is -0.525. The van der Waals surface area contributed by atoms with Crippen molar-refractivity contribution < 1.29 is 9.59 Å². The Hall–Kier alpha value is -2.34. The summed E-state index contributed by atoms with van der Waals surface area (Å²) in [6.45, 7) is 4.31. The fourth-order valence-electron chi connectivity index (χ4n) is 2.48. The Morgan fingerprint density at radius 1 is 1.26 bits per heavy atom. The summed E-state index contributed by atoms with van der Waals surface area (Å²) in [5, 5.41) is 6.46. The Balaban J connectivity index is 2.17. The Morgan fingerprint density at radius 2 is 2.00 bits per heavy atom. The van der Waals surface area contributed by atoms with Crippen molar-refractivity contribution in [3.63, 3.8) is 0 Å². The van der Waals surface area contributed by atoms with Crippen LogP contribution in [0.2, 0.25) is 0 Å².